The second-order valence-corrected chi connectivity index (χ2v) is 10.2. The van der Waals surface area contributed by atoms with Gasteiger partial charge in [-0.15, -0.1) is 0 Å². The van der Waals surface area contributed by atoms with Gasteiger partial charge in [-0.1, -0.05) is 36.4 Å². The number of aliphatic hydroxyl groups excluding tert-OH is 1. The zero-order valence-corrected chi connectivity index (χ0v) is 24.3. The van der Waals surface area contributed by atoms with Crippen LogP contribution in [0, 0.1) is 6.92 Å². The Bertz CT molecular complexity index is 1420. The van der Waals surface area contributed by atoms with Crippen LogP contribution in [0.4, 0.5) is 0 Å². The van der Waals surface area contributed by atoms with E-state index in [4.69, 9.17) is 14.2 Å². The minimum Gasteiger partial charge on any atom is -0.507 e. The Morgan fingerprint density at radius 1 is 0.976 bits per heavy atom. The van der Waals surface area contributed by atoms with E-state index in [0.29, 0.717) is 54.6 Å². The average molecular weight is 559 g/mol. The van der Waals surface area contributed by atoms with Crippen molar-refractivity contribution in [3.05, 3.63) is 94.6 Å². The lowest BCUT2D eigenvalue weighted by Crippen LogP contribution is -2.32. The van der Waals surface area contributed by atoms with Gasteiger partial charge in [0, 0.05) is 12.1 Å². The summed E-state index contributed by atoms with van der Waals surface area (Å²) in [7, 11) is 5.46. The van der Waals surface area contributed by atoms with Crippen molar-refractivity contribution >= 4 is 17.4 Å². The predicted octanol–water partition coefficient (Wildman–Crippen LogP) is 5.35. The van der Waals surface area contributed by atoms with E-state index in [1.54, 1.807) is 36.3 Å². The van der Waals surface area contributed by atoms with E-state index in [2.05, 4.69) is 0 Å². The van der Waals surface area contributed by atoms with Crippen molar-refractivity contribution in [3.8, 4) is 17.2 Å². The summed E-state index contributed by atoms with van der Waals surface area (Å²) in [5, 5.41) is 11.6. The molecular weight excluding hydrogens is 520 g/mol. The first-order valence-electron chi connectivity index (χ1n) is 13.8. The number of carbonyl (C=O) groups is 2. The van der Waals surface area contributed by atoms with Crippen molar-refractivity contribution in [2.45, 2.75) is 32.9 Å². The second kappa shape index (κ2) is 13.4. The highest BCUT2D eigenvalue weighted by atomic mass is 16.5. The van der Waals surface area contributed by atoms with E-state index in [1.165, 1.54) is 0 Å². The number of amides is 1. The van der Waals surface area contributed by atoms with Crippen LogP contribution in [0.5, 0.6) is 17.2 Å². The summed E-state index contributed by atoms with van der Waals surface area (Å²) in [5.74, 6) is 0.116. The molecule has 0 unspecified atom stereocenters. The summed E-state index contributed by atoms with van der Waals surface area (Å²) in [6, 6.07) is 19.7. The van der Waals surface area contributed by atoms with Gasteiger partial charge in [0.15, 0.2) is 11.5 Å². The molecular formula is C33H38N2O6. The van der Waals surface area contributed by atoms with E-state index in [-0.39, 0.29) is 11.3 Å². The number of likely N-dealkylation sites (tertiary alicyclic amines) is 1. The lowest BCUT2D eigenvalue weighted by atomic mass is 9.93. The van der Waals surface area contributed by atoms with Gasteiger partial charge in [0.05, 0.1) is 25.3 Å². The molecule has 0 radical (unpaired) electrons. The third kappa shape index (κ3) is 6.72. The quantitative estimate of drug-likeness (QED) is 0.182. The molecule has 0 spiro atoms. The first kappa shape index (κ1) is 29.7. The van der Waals surface area contributed by atoms with Crippen LogP contribution >= 0.6 is 0 Å². The fraction of sp³-hybridized carbons (Fsp3) is 0.333. The molecule has 3 aromatic rings. The molecule has 3 aromatic carbocycles. The van der Waals surface area contributed by atoms with Crippen LogP contribution in [0.2, 0.25) is 0 Å². The number of ketones is 1. The fourth-order valence-electron chi connectivity index (χ4n) is 5.02. The standard InChI is InChI=1S/C33H38N2O6/c1-6-40-27-16-13-24(20-28(27)39-5)30-29(32(37)33(38)35(30)18-10-17-34(3)4)31(36)26-15-14-25(19-22(26)2)41-21-23-11-8-7-9-12-23/h7-9,11-16,19-20,30,36H,6,10,17-18,21H2,1-5H3/b31-29+/t30-/m1/s1. The van der Waals surface area contributed by atoms with E-state index in [0.717, 1.165) is 17.7 Å². The predicted molar refractivity (Wildman–Crippen MR) is 158 cm³/mol. The van der Waals surface area contributed by atoms with E-state index in [1.807, 2.05) is 75.3 Å². The molecule has 41 heavy (non-hydrogen) atoms. The highest BCUT2D eigenvalue weighted by Gasteiger charge is 2.46. The molecule has 1 aliphatic heterocycles. The average Bonchev–Trinajstić information content (AvgIpc) is 3.21. The molecule has 1 N–H and O–H groups in total. The molecule has 1 saturated heterocycles. The lowest BCUT2D eigenvalue weighted by molar-refractivity contribution is -0.139. The topological polar surface area (TPSA) is 88.5 Å². The van der Waals surface area contributed by atoms with Crippen molar-refractivity contribution in [3.63, 3.8) is 0 Å². The van der Waals surface area contributed by atoms with Crippen LogP contribution in [0.3, 0.4) is 0 Å². The maximum absolute atomic E-state index is 13.5. The highest BCUT2D eigenvalue weighted by Crippen LogP contribution is 2.42. The Hall–Kier alpha value is -4.30. The Labute approximate surface area is 241 Å². The Morgan fingerprint density at radius 3 is 2.39 bits per heavy atom. The van der Waals surface area contributed by atoms with Crippen molar-refractivity contribution in [2.24, 2.45) is 0 Å². The summed E-state index contributed by atoms with van der Waals surface area (Å²) < 4.78 is 17.2. The van der Waals surface area contributed by atoms with Crippen LogP contribution < -0.4 is 14.2 Å². The number of carbonyl (C=O) groups excluding carboxylic acids is 2. The number of ether oxygens (including phenoxy) is 3. The van der Waals surface area contributed by atoms with Gasteiger partial charge in [0.1, 0.15) is 18.1 Å². The Morgan fingerprint density at radius 2 is 1.73 bits per heavy atom. The Balaban J connectivity index is 1.73. The first-order chi connectivity index (χ1) is 19.7. The van der Waals surface area contributed by atoms with Crippen molar-refractivity contribution < 1.29 is 28.9 Å². The number of Topliss-reactive ketones (excluding diaryl/α,β-unsaturated/α-hetero) is 1. The molecule has 8 nitrogen and oxygen atoms in total. The van der Waals surface area contributed by atoms with E-state index >= 15 is 0 Å². The maximum Gasteiger partial charge on any atom is 0.295 e. The van der Waals surface area contributed by atoms with Crippen molar-refractivity contribution in [2.75, 3.05) is 40.9 Å². The zero-order valence-electron chi connectivity index (χ0n) is 24.3. The third-order valence-corrected chi connectivity index (χ3v) is 7.05. The third-order valence-electron chi connectivity index (χ3n) is 7.05. The fourth-order valence-corrected chi connectivity index (χ4v) is 5.02. The van der Waals surface area contributed by atoms with Gasteiger partial charge in [0.2, 0.25) is 0 Å². The minimum absolute atomic E-state index is 0.0483. The van der Waals surface area contributed by atoms with Gasteiger partial charge in [-0.05, 0) is 87.9 Å². The molecule has 1 heterocycles. The first-order valence-corrected chi connectivity index (χ1v) is 13.8. The molecule has 1 amide bonds. The van der Waals surface area contributed by atoms with E-state index < -0.39 is 17.7 Å². The summed E-state index contributed by atoms with van der Waals surface area (Å²) >= 11 is 0. The number of hydrogen-bond acceptors (Lipinski definition) is 7. The maximum atomic E-state index is 13.5. The number of aliphatic hydroxyl groups is 1. The molecule has 0 aliphatic carbocycles. The number of benzene rings is 3. The number of aryl methyl sites for hydroxylation is 1. The molecule has 0 bridgehead atoms. The summed E-state index contributed by atoms with van der Waals surface area (Å²) in [6.07, 6.45) is 0.664. The molecule has 4 rings (SSSR count). The number of rotatable bonds is 12. The highest BCUT2D eigenvalue weighted by molar-refractivity contribution is 6.46. The van der Waals surface area contributed by atoms with Crippen LogP contribution in [-0.2, 0) is 16.2 Å². The lowest BCUT2D eigenvalue weighted by Gasteiger charge is -2.26. The van der Waals surface area contributed by atoms with Crippen LogP contribution in [-0.4, -0.2) is 67.5 Å². The molecule has 0 saturated carbocycles. The number of methoxy groups -OCH3 is 1. The summed E-state index contributed by atoms with van der Waals surface area (Å²) in [5.41, 5.74) is 2.92. The van der Waals surface area contributed by atoms with Gasteiger partial charge >= 0.3 is 0 Å². The van der Waals surface area contributed by atoms with Crippen molar-refractivity contribution in [1.82, 2.24) is 9.80 Å². The van der Waals surface area contributed by atoms with Gasteiger partial charge < -0.3 is 29.1 Å². The molecule has 0 aromatic heterocycles. The molecule has 1 atom stereocenters. The molecule has 1 aliphatic rings. The van der Waals surface area contributed by atoms with Crippen LogP contribution in [0.15, 0.2) is 72.3 Å². The second-order valence-electron chi connectivity index (χ2n) is 10.2. The van der Waals surface area contributed by atoms with E-state index in [9.17, 15) is 14.7 Å². The largest absolute Gasteiger partial charge is 0.507 e. The minimum atomic E-state index is -0.782. The van der Waals surface area contributed by atoms with Gasteiger partial charge in [0.25, 0.3) is 11.7 Å². The van der Waals surface area contributed by atoms with Gasteiger partial charge in [-0.2, -0.15) is 0 Å². The molecule has 1 fully saturated rings. The van der Waals surface area contributed by atoms with Gasteiger partial charge in [-0.25, -0.2) is 0 Å². The number of nitrogens with zero attached hydrogens (tertiary/aromatic N) is 2. The van der Waals surface area contributed by atoms with Gasteiger partial charge in [-0.3, -0.25) is 9.59 Å². The van der Waals surface area contributed by atoms with Crippen molar-refractivity contribution in [1.29, 1.82) is 0 Å². The monoisotopic (exact) mass is 558 g/mol. The Kier molecular flexibility index (Phi) is 9.68. The SMILES string of the molecule is CCOc1ccc([C@@H]2/C(=C(\O)c3ccc(OCc4ccccc4)cc3C)C(=O)C(=O)N2CCCN(C)C)cc1OC. The zero-order chi connectivity index (χ0) is 29.5. The summed E-state index contributed by atoms with van der Waals surface area (Å²) in [4.78, 5) is 30.4. The molecule has 216 valence electrons. The normalized spacial score (nSPS) is 16.3. The summed E-state index contributed by atoms with van der Waals surface area (Å²) in [6.45, 7) is 5.68. The van der Waals surface area contributed by atoms with Crippen LogP contribution in [0.1, 0.15) is 41.6 Å². The smallest absolute Gasteiger partial charge is 0.295 e. The number of hydrogen-bond donors (Lipinski definition) is 1. The molecule has 8 heteroatoms. The van der Waals surface area contributed by atoms with Crippen LogP contribution in [0.25, 0.3) is 5.76 Å².